The van der Waals surface area contributed by atoms with Crippen molar-refractivity contribution in [3.05, 3.63) is 33.9 Å². The Morgan fingerprint density at radius 3 is 2.90 bits per heavy atom. The van der Waals surface area contributed by atoms with Crippen LogP contribution in [0.15, 0.2) is 18.2 Å². The van der Waals surface area contributed by atoms with E-state index in [4.69, 9.17) is 9.84 Å². The fourth-order valence-electron chi connectivity index (χ4n) is 2.39. The third kappa shape index (κ3) is 4.16. The average molecular weight is 294 g/mol. The van der Waals surface area contributed by atoms with E-state index in [0.29, 0.717) is 12.2 Å². The first kappa shape index (κ1) is 15.2. The van der Waals surface area contributed by atoms with Crippen LogP contribution in [0, 0.1) is 10.1 Å². The van der Waals surface area contributed by atoms with Crippen molar-refractivity contribution in [2.75, 3.05) is 18.5 Å². The smallest absolute Gasteiger partial charge is 0.342 e. The molecule has 1 fully saturated rings. The summed E-state index contributed by atoms with van der Waals surface area (Å²) in [5, 5.41) is 22.9. The molecule has 0 amide bonds. The number of carboxylic acids is 1. The molecule has 1 saturated heterocycles. The van der Waals surface area contributed by atoms with Gasteiger partial charge in [0.05, 0.1) is 11.0 Å². The van der Waals surface area contributed by atoms with Gasteiger partial charge in [-0.2, -0.15) is 0 Å². The Bertz CT molecular complexity index is 526. The molecule has 0 aromatic heterocycles. The number of rotatable bonds is 6. The molecule has 1 unspecified atom stereocenters. The molecule has 1 aliphatic heterocycles. The molecule has 0 saturated carbocycles. The van der Waals surface area contributed by atoms with Gasteiger partial charge in [-0.3, -0.25) is 10.1 Å². The minimum atomic E-state index is -1.30. The summed E-state index contributed by atoms with van der Waals surface area (Å²) in [6, 6.07) is 4.03. The maximum Gasteiger partial charge on any atom is 0.342 e. The number of nitrogens with zero attached hydrogens (tertiary/aromatic N) is 1. The van der Waals surface area contributed by atoms with Crippen molar-refractivity contribution in [1.29, 1.82) is 0 Å². The summed E-state index contributed by atoms with van der Waals surface area (Å²) in [4.78, 5) is 21.1. The van der Waals surface area contributed by atoms with Gasteiger partial charge in [0.1, 0.15) is 5.56 Å². The molecule has 0 radical (unpaired) electrons. The van der Waals surface area contributed by atoms with Crippen molar-refractivity contribution in [3.63, 3.8) is 0 Å². The highest BCUT2D eigenvalue weighted by Gasteiger charge is 2.20. The number of carbonyl (C=O) groups is 1. The van der Waals surface area contributed by atoms with Crippen molar-refractivity contribution in [2.24, 2.45) is 0 Å². The summed E-state index contributed by atoms with van der Waals surface area (Å²) in [5.41, 5.74) is -0.142. The average Bonchev–Trinajstić information content (AvgIpc) is 2.48. The highest BCUT2D eigenvalue weighted by Crippen LogP contribution is 2.23. The number of hydrogen-bond acceptors (Lipinski definition) is 5. The number of benzene rings is 1. The van der Waals surface area contributed by atoms with Crippen LogP contribution in [0.4, 0.5) is 11.4 Å². The van der Waals surface area contributed by atoms with Gasteiger partial charge in [-0.15, -0.1) is 0 Å². The molecule has 1 aromatic rings. The minimum absolute atomic E-state index is 0.239. The Hall–Kier alpha value is -2.15. The number of anilines is 1. The molecule has 114 valence electrons. The number of hydrogen-bond donors (Lipinski definition) is 2. The van der Waals surface area contributed by atoms with E-state index in [2.05, 4.69) is 5.32 Å². The van der Waals surface area contributed by atoms with Crippen LogP contribution in [0.2, 0.25) is 0 Å². The second-order valence-corrected chi connectivity index (χ2v) is 5.00. The molecule has 2 rings (SSSR count). The van der Waals surface area contributed by atoms with E-state index in [-0.39, 0.29) is 11.7 Å². The highest BCUT2D eigenvalue weighted by atomic mass is 16.6. The minimum Gasteiger partial charge on any atom is -0.477 e. The molecule has 1 atom stereocenters. The maximum atomic E-state index is 11.0. The standard InChI is InChI=1S/C14H18N2O5/c17-14(18)12-9-10(4-5-13(12)16(19)20)15-7-6-11-3-1-2-8-21-11/h4-5,9,11,15H,1-3,6-8H2,(H,17,18). The summed E-state index contributed by atoms with van der Waals surface area (Å²) in [5.74, 6) is -1.30. The zero-order valence-electron chi connectivity index (χ0n) is 11.6. The van der Waals surface area contributed by atoms with Crippen LogP contribution >= 0.6 is 0 Å². The van der Waals surface area contributed by atoms with E-state index in [0.717, 1.165) is 25.9 Å². The lowest BCUT2D eigenvalue weighted by Crippen LogP contribution is -2.22. The van der Waals surface area contributed by atoms with Gasteiger partial charge in [-0.1, -0.05) is 0 Å². The quantitative estimate of drug-likeness (QED) is 0.617. The molecular formula is C14H18N2O5. The van der Waals surface area contributed by atoms with Crippen LogP contribution in [-0.2, 0) is 4.74 Å². The topological polar surface area (TPSA) is 102 Å². The van der Waals surface area contributed by atoms with Crippen molar-refractivity contribution >= 4 is 17.3 Å². The Morgan fingerprint density at radius 2 is 2.29 bits per heavy atom. The molecule has 0 aliphatic carbocycles. The second kappa shape index (κ2) is 7.03. The van der Waals surface area contributed by atoms with Crippen LogP contribution in [0.1, 0.15) is 36.0 Å². The van der Waals surface area contributed by atoms with Crippen LogP contribution in [-0.4, -0.2) is 35.3 Å². The number of nitrogens with one attached hydrogen (secondary N) is 1. The van der Waals surface area contributed by atoms with Gasteiger partial charge in [0.15, 0.2) is 0 Å². The third-order valence-corrected chi connectivity index (χ3v) is 3.49. The number of nitro groups is 1. The van der Waals surface area contributed by atoms with Crippen LogP contribution in [0.25, 0.3) is 0 Å². The van der Waals surface area contributed by atoms with Crippen LogP contribution in [0.5, 0.6) is 0 Å². The molecule has 7 heteroatoms. The Kier molecular flexibility index (Phi) is 5.10. The van der Waals surface area contributed by atoms with E-state index in [1.54, 1.807) is 0 Å². The fraction of sp³-hybridized carbons (Fsp3) is 0.500. The monoisotopic (exact) mass is 294 g/mol. The number of carboxylic acid groups (broad SMARTS) is 1. The van der Waals surface area contributed by atoms with E-state index >= 15 is 0 Å². The first-order valence-corrected chi connectivity index (χ1v) is 6.95. The summed E-state index contributed by atoms with van der Waals surface area (Å²) in [6.45, 7) is 1.44. The van der Waals surface area contributed by atoms with E-state index in [9.17, 15) is 14.9 Å². The third-order valence-electron chi connectivity index (χ3n) is 3.49. The summed E-state index contributed by atoms with van der Waals surface area (Å²) < 4.78 is 5.60. The second-order valence-electron chi connectivity index (χ2n) is 5.00. The van der Waals surface area contributed by atoms with E-state index in [1.165, 1.54) is 24.6 Å². The largest absolute Gasteiger partial charge is 0.477 e. The highest BCUT2D eigenvalue weighted by molar-refractivity contribution is 5.93. The van der Waals surface area contributed by atoms with Crippen molar-refractivity contribution in [2.45, 2.75) is 31.8 Å². The Morgan fingerprint density at radius 1 is 1.48 bits per heavy atom. The number of ether oxygens (including phenoxy) is 1. The molecule has 1 heterocycles. The lowest BCUT2D eigenvalue weighted by molar-refractivity contribution is -0.385. The lowest BCUT2D eigenvalue weighted by Gasteiger charge is -2.22. The van der Waals surface area contributed by atoms with Gasteiger partial charge in [0.2, 0.25) is 0 Å². The first-order valence-electron chi connectivity index (χ1n) is 6.95. The SMILES string of the molecule is O=C(O)c1cc(NCCC2CCCCO2)ccc1[N+](=O)[O-]. The van der Waals surface area contributed by atoms with Gasteiger partial charge in [0.25, 0.3) is 5.69 Å². The number of nitro benzene ring substituents is 1. The van der Waals surface area contributed by atoms with Gasteiger partial charge in [-0.25, -0.2) is 4.79 Å². The van der Waals surface area contributed by atoms with Gasteiger partial charge < -0.3 is 15.2 Å². The summed E-state index contributed by atoms with van der Waals surface area (Å²) in [7, 11) is 0. The normalized spacial score (nSPS) is 18.2. The van der Waals surface area contributed by atoms with Crippen molar-refractivity contribution in [1.82, 2.24) is 0 Å². The molecule has 1 aliphatic rings. The molecule has 1 aromatic carbocycles. The zero-order valence-corrected chi connectivity index (χ0v) is 11.6. The molecule has 7 nitrogen and oxygen atoms in total. The number of aromatic carboxylic acids is 1. The fourth-order valence-corrected chi connectivity index (χ4v) is 2.39. The van der Waals surface area contributed by atoms with Crippen LogP contribution in [0.3, 0.4) is 0 Å². The molecular weight excluding hydrogens is 276 g/mol. The van der Waals surface area contributed by atoms with Crippen LogP contribution < -0.4 is 5.32 Å². The van der Waals surface area contributed by atoms with E-state index < -0.39 is 16.6 Å². The van der Waals surface area contributed by atoms with Crippen molar-refractivity contribution in [3.8, 4) is 0 Å². The van der Waals surface area contributed by atoms with Gasteiger partial charge in [-0.05, 0) is 37.8 Å². The molecule has 0 bridgehead atoms. The predicted molar refractivity (Wildman–Crippen MR) is 76.8 cm³/mol. The summed E-state index contributed by atoms with van der Waals surface area (Å²) >= 11 is 0. The predicted octanol–water partition coefficient (Wildman–Crippen LogP) is 2.66. The Labute approximate surface area is 122 Å². The first-order chi connectivity index (χ1) is 10.1. The van der Waals surface area contributed by atoms with Gasteiger partial charge >= 0.3 is 5.97 Å². The molecule has 21 heavy (non-hydrogen) atoms. The lowest BCUT2D eigenvalue weighted by atomic mass is 10.1. The van der Waals surface area contributed by atoms with Gasteiger partial charge in [0, 0.05) is 24.9 Å². The maximum absolute atomic E-state index is 11.0. The van der Waals surface area contributed by atoms with E-state index in [1.807, 2.05) is 0 Å². The Balaban J connectivity index is 1.95. The molecule has 0 spiro atoms. The zero-order chi connectivity index (χ0) is 15.2. The summed E-state index contributed by atoms with van der Waals surface area (Å²) in [6.07, 6.45) is 4.39. The van der Waals surface area contributed by atoms with Crippen molar-refractivity contribution < 1.29 is 19.6 Å². The molecule has 2 N–H and O–H groups in total.